The van der Waals surface area contributed by atoms with E-state index in [4.69, 9.17) is 14.2 Å². The van der Waals surface area contributed by atoms with Crippen molar-refractivity contribution in [3.05, 3.63) is 84.4 Å². The number of benzene rings is 3. The quantitative estimate of drug-likeness (QED) is 0.441. The standard InChI is InChI=1S/C26H26N2O7S/c1-33-26(30)24-17-28(22-9-5-6-10-23(22)35-24)25(29)18-34-20-11-13-21(14-12-20)36(31,32)27-16-15-19-7-3-2-4-8-19/h2-14,24,27H,15-18H2,1H3/t24-/m0/s1. The van der Waals surface area contributed by atoms with Crippen molar-refractivity contribution >= 4 is 27.6 Å². The van der Waals surface area contributed by atoms with Crippen LogP contribution in [0.5, 0.6) is 11.5 Å². The first-order valence-corrected chi connectivity index (χ1v) is 12.8. The number of carbonyl (C=O) groups excluding carboxylic acids is 2. The van der Waals surface area contributed by atoms with E-state index in [0.717, 1.165) is 5.56 Å². The molecular formula is C26H26N2O7S. The van der Waals surface area contributed by atoms with Crippen LogP contribution in [-0.4, -0.2) is 53.2 Å². The maximum absolute atomic E-state index is 12.9. The van der Waals surface area contributed by atoms with E-state index in [1.54, 1.807) is 24.3 Å². The molecule has 1 aliphatic rings. The average molecular weight is 511 g/mol. The summed E-state index contributed by atoms with van der Waals surface area (Å²) < 4.78 is 43.7. The number of ether oxygens (including phenoxy) is 3. The van der Waals surface area contributed by atoms with Gasteiger partial charge in [-0.2, -0.15) is 0 Å². The number of sulfonamides is 1. The fourth-order valence-corrected chi connectivity index (χ4v) is 4.75. The second-order valence-electron chi connectivity index (χ2n) is 8.00. The number of esters is 1. The topological polar surface area (TPSA) is 111 Å². The fourth-order valence-electron chi connectivity index (χ4n) is 3.72. The largest absolute Gasteiger partial charge is 0.484 e. The van der Waals surface area contributed by atoms with Gasteiger partial charge in [-0.05, 0) is 48.4 Å². The van der Waals surface area contributed by atoms with Crippen LogP contribution < -0.4 is 19.1 Å². The molecule has 188 valence electrons. The van der Waals surface area contributed by atoms with Gasteiger partial charge in [0.15, 0.2) is 6.61 Å². The van der Waals surface area contributed by atoms with E-state index in [9.17, 15) is 18.0 Å². The molecule has 0 saturated carbocycles. The van der Waals surface area contributed by atoms with Gasteiger partial charge in [0, 0.05) is 6.54 Å². The minimum Gasteiger partial charge on any atom is -0.484 e. The molecule has 10 heteroatoms. The molecule has 0 radical (unpaired) electrons. The highest BCUT2D eigenvalue weighted by molar-refractivity contribution is 7.89. The van der Waals surface area contributed by atoms with Crippen molar-refractivity contribution in [1.29, 1.82) is 0 Å². The number of hydrogen-bond donors (Lipinski definition) is 1. The Morgan fingerprint density at radius 1 is 1.00 bits per heavy atom. The Kier molecular flexibility index (Phi) is 7.87. The summed E-state index contributed by atoms with van der Waals surface area (Å²) in [6, 6.07) is 22.3. The predicted octanol–water partition coefficient (Wildman–Crippen LogP) is 2.55. The smallest absolute Gasteiger partial charge is 0.348 e. The molecule has 0 aromatic heterocycles. The van der Waals surface area contributed by atoms with E-state index < -0.39 is 22.1 Å². The van der Waals surface area contributed by atoms with Crippen LogP contribution in [0.4, 0.5) is 5.69 Å². The zero-order valence-electron chi connectivity index (χ0n) is 19.6. The first kappa shape index (κ1) is 25.2. The van der Waals surface area contributed by atoms with Crippen LogP contribution in [0.3, 0.4) is 0 Å². The molecule has 1 atom stereocenters. The molecule has 1 aliphatic heterocycles. The molecule has 3 aromatic rings. The SMILES string of the molecule is COC(=O)[C@@H]1CN(C(=O)COc2ccc(S(=O)(=O)NCCc3ccccc3)cc2)c2ccccc2O1. The van der Waals surface area contributed by atoms with Crippen LogP contribution in [0.25, 0.3) is 0 Å². The molecule has 36 heavy (non-hydrogen) atoms. The van der Waals surface area contributed by atoms with Gasteiger partial charge >= 0.3 is 5.97 Å². The fraction of sp³-hybridized carbons (Fsp3) is 0.231. The Morgan fingerprint density at radius 2 is 1.69 bits per heavy atom. The van der Waals surface area contributed by atoms with Gasteiger partial charge in [-0.3, -0.25) is 4.79 Å². The zero-order chi connectivity index (χ0) is 25.5. The first-order chi connectivity index (χ1) is 17.4. The Balaban J connectivity index is 1.35. The minimum atomic E-state index is -3.68. The number of methoxy groups -OCH3 is 1. The van der Waals surface area contributed by atoms with Gasteiger partial charge in [-0.1, -0.05) is 42.5 Å². The van der Waals surface area contributed by atoms with Gasteiger partial charge in [0.05, 0.1) is 24.2 Å². The van der Waals surface area contributed by atoms with Crippen LogP contribution in [-0.2, 0) is 30.8 Å². The van der Waals surface area contributed by atoms with Crippen molar-refractivity contribution in [2.24, 2.45) is 0 Å². The third-order valence-corrected chi connectivity index (χ3v) is 7.06. The average Bonchev–Trinajstić information content (AvgIpc) is 2.91. The molecule has 0 spiro atoms. The summed E-state index contributed by atoms with van der Waals surface area (Å²) in [5.41, 5.74) is 1.56. The highest BCUT2D eigenvalue weighted by Gasteiger charge is 2.34. The number of para-hydroxylation sites is 2. The zero-order valence-corrected chi connectivity index (χ0v) is 20.4. The van der Waals surface area contributed by atoms with Crippen LogP contribution >= 0.6 is 0 Å². The third kappa shape index (κ3) is 6.02. The van der Waals surface area contributed by atoms with Gasteiger partial charge < -0.3 is 19.1 Å². The summed E-state index contributed by atoms with van der Waals surface area (Å²) in [4.78, 5) is 26.5. The second kappa shape index (κ2) is 11.2. The molecule has 0 unspecified atom stereocenters. The van der Waals surface area contributed by atoms with Crippen LogP contribution in [0.15, 0.2) is 83.8 Å². The number of rotatable bonds is 9. The Morgan fingerprint density at radius 3 is 2.42 bits per heavy atom. The molecule has 1 N–H and O–H groups in total. The Bertz CT molecular complexity index is 1310. The summed E-state index contributed by atoms with van der Waals surface area (Å²) in [7, 11) is -2.43. The van der Waals surface area contributed by atoms with Crippen molar-refractivity contribution in [2.45, 2.75) is 17.4 Å². The highest BCUT2D eigenvalue weighted by Crippen LogP contribution is 2.33. The lowest BCUT2D eigenvalue weighted by Gasteiger charge is -2.33. The third-order valence-electron chi connectivity index (χ3n) is 5.58. The van der Waals surface area contributed by atoms with Gasteiger partial charge in [-0.15, -0.1) is 0 Å². The van der Waals surface area contributed by atoms with Crippen LogP contribution in [0, 0.1) is 0 Å². The van der Waals surface area contributed by atoms with Crippen LogP contribution in [0.2, 0.25) is 0 Å². The van der Waals surface area contributed by atoms with E-state index in [2.05, 4.69) is 4.72 Å². The number of carbonyl (C=O) groups is 2. The Hall–Kier alpha value is -3.89. The summed E-state index contributed by atoms with van der Waals surface area (Å²) >= 11 is 0. The molecule has 0 fully saturated rings. The van der Waals surface area contributed by atoms with Gasteiger partial charge in [-0.25, -0.2) is 17.9 Å². The molecule has 0 saturated heterocycles. The van der Waals surface area contributed by atoms with Crippen molar-refractivity contribution in [2.75, 3.05) is 31.7 Å². The van der Waals surface area contributed by atoms with Crippen molar-refractivity contribution in [3.63, 3.8) is 0 Å². The second-order valence-corrected chi connectivity index (χ2v) is 9.76. The monoisotopic (exact) mass is 510 g/mol. The number of nitrogens with zero attached hydrogens (tertiary/aromatic N) is 1. The number of amides is 1. The summed E-state index contributed by atoms with van der Waals surface area (Å²) in [5, 5.41) is 0. The molecule has 0 aliphatic carbocycles. The molecular weight excluding hydrogens is 484 g/mol. The van der Waals surface area contributed by atoms with Crippen molar-refractivity contribution in [1.82, 2.24) is 4.72 Å². The number of nitrogens with one attached hydrogen (secondary N) is 1. The minimum absolute atomic E-state index is 0.0162. The van der Waals surface area contributed by atoms with Gasteiger partial charge in [0.1, 0.15) is 11.5 Å². The van der Waals surface area contributed by atoms with E-state index in [1.165, 1.54) is 36.3 Å². The van der Waals surface area contributed by atoms with E-state index in [0.29, 0.717) is 23.6 Å². The number of fused-ring (bicyclic) bond motifs is 1. The lowest BCUT2D eigenvalue weighted by atomic mass is 10.2. The lowest BCUT2D eigenvalue weighted by molar-refractivity contribution is -0.148. The van der Waals surface area contributed by atoms with Crippen LogP contribution in [0.1, 0.15) is 5.56 Å². The normalized spacial score (nSPS) is 14.9. The van der Waals surface area contributed by atoms with E-state index in [1.807, 2.05) is 30.3 Å². The molecule has 0 bridgehead atoms. The van der Waals surface area contributed by atoms with Gasteiger partial charge in [0.25, 0.3) is 5.91 Å². The predicted molar refractivity (Wildman–Crippen MR) is 132 cm³/mol. The van der Waals surface area contributed by atoms with Gasteiger partial charge in [0.2, 0.25) is 16.1 Å². The first-order valence-electron chi connectivity index (χ1n) is 11.3. The molecule has 9 nitrogen and oxygen atoms in total. The number of anilines is 1. The summed E-state index contributed by atoms with van der Waals surface area (Å²) in [5.74, 6) is -0.254. The summed E-state index contributed by atoms with van der Waals surface area (Å²) in [6.45, 7) is -0.0615. The van der Waals surface area contributed by atoms with E-state index in [-0.39, 0.29) is 30.5 Å². The summed E-state index contributed by atoms with van der Waals surface area (Å²) in [6.07, 6.45) is -0.377. The molecule has 4 rings (SSSR count). The number of hydrogen-bond acceptors (Lipinski definition) is 7. The molecule has 3 aromatic carbocycles. The maximum atomic E-state index is 12.9. The highest BCUT2D eigenvalue weighted by atomic mass is 32.2. The molecule has 1 heterocycles. The maximum Gasteiger partial charge on any atom is 0.348 e. The van der Waals surface area contributed by atoms with Crippen molar-refractivity contribution < 1.29 is 32.2 Å². The molecule has 1 amide bonds. The lowest BCUT2D eigenvalue weighted by Crippen LogP contribution is -2.48. The Labute approximate surface area is 209 Å². The van der Waals surface area contributed by atoms with Crippen molar-refractivity contribution in [3.8, 4) is 11.5 Å². The van der Waals surface area contributed by atoms with E-state index >= 15 is 0 Å².